The largest absolute Gasteiger partial charge is 0.454 e. The number of rotatable bonds is 6. The summed E-state index contributed by atoms with van der Waals surface area (Å²) in [6.45, 7) is 3.15. The van der Waals surface area contributed by atoms with Crippen LogP contribution in [0, 0.1) is 5.92 Å². The number of piperidine rings is 1. The lowest BCUT2D eigenvalue weighted by molar-refractivity contribution is 0.0648. The van der Waals surface area contributed by atoms with Crippen LogP contribution in [0.4, 0.5) is 0 Å². The predicted octanol–water partition coefficient (Wildman–Crippen LogP) is 6.39. The van der Waals surface area contributed by atoms with E-state index < -0.39 is 0 Å². The van der Waals surface area contributed by atoms with Crippen molar-refractivity contribution in [3.05, 3.63) is 95.6 Å². The van der Waals surface area contributed by atoms with Crippen LogP contribution in [-0.4, -0.2) is 53.7 Å². The van der Waals surface area contributed by atoms with Gasteiger partial charge < -0.3 is 14.4 Å². The number of likely N-dealkylation sites (tertiary alicyclic amines) is 2. The number of benzene rings is 3. The summed E-state index contributed by atoms with van der Waals surface area (Å²) in [4.78, 5) is 18.2. The second kappa shape index (κ2) is 9.37. The Morgan fingerprint density at radius 3 is 2.35 bits per heavy atom. The molecule has 2 saturated carbocycles. The van der Waals surface area contributed by atoms with Gasteiger partial charge in [0.15, 0.2) is 11.5 Å². The average Bonchev–Trinajstić information content (AvgIpc) is 3.44. The topological polar surface area (TPSA) is 41.8 Å². The minimum absolute atomic E-state index is 0.132. The minimum Gasteiger partial charge on any atom is -0.454 e. The van der Waals surface area contributed by atoms with E-state index in [-0.39, 0.29) is 11.3 Å². The van der Waals surface area contributed by atoms with E-state index in [1.807, 2.05) is 30.3 Å². The molecule has 1 spiro atoms. The van der Waals surface area contributed by atoms with Crippen molar-refractivity contribution in [2.75, 3.05) is 26.4 Å². The lowest BCUT2D eigenvalue weighted by Crippen LogP contribution is -2.47. The number of amides is 1. The zero-order valence-electron chi connectivity index (χ0n) is 23.1. The minimum atomic E-state index is 0.132. The molecular formula is C35H38N2O3. The summed E-state index contributed by atoms with van der Waals surface area (Å²) in [5.41, 5.74) is 4.28. The van der Waals surface area contributed by atoms with Gasteiger partial charge in [-0.3, -0.25) is 9.69 Å². The third-order valence-electron chi connectivity index (χ3n) is 11.2. The van der Waals surface area contributed by atoms with E-state index in [9.17, 15) is 4.79 Å². The van der Waals surface area contributed by atoms with Crippen LogP contribution in [0.3, 0.4) is 0 Å². The summed E-state index contributed by atoms with van der Waals surface area (Å²) in [6.07, 6.45) is 8.53. The van der Waals surface area contributed by atoms with Gasteiger partial charge in [-0.1, -0.05) is 54.6 Å². The highest BCUT2D eigenvalue weighted by Gasteiger charge is 2.72. The number of nitrogens with zero attached hydrogens (tertiary/aromatic N) is 2. The van der Waals surface area contributed by atoms with Crippen LogP contribution >= 0.6 is 0 Å². The summed E-state index contributed by atoms with van der Waals surface area (Å²) < 4.78 is 11.3. The maximum absolute atomic E-state index is 13.2. The van der Waals surface area contributed by atoms with E-state index >= 15 is 0 Å². The van der Waals surface area contributed by atoms with E-state index in [0.717, 1.165) is 55.5 Å². The highest BCUT2D eigenvalue weighted by atomic mass is 16.7. The van der Waals surface area contributed by atoms with Gasteiger partial charge in [-0.2, -0.15) is 0 Å². The van der Waals surface area contributed by atoms with Crippen molar-refractivity contribution in [3.8, 4) is 11.5 Å². The summed E-state index contributed by atoms with van der Waals surface area (Å²) in [5.74, 6) is 3.40. The van der Waals surface area contributed by atoms with Gasteiger partial charge >= 0.3 is 0 Å². The van der Waals surface area contributed by atoms with Crippen molar-refractivity contribution in [1.82, 2.24) is 9.80 Å². The number of carbonyl (C=O) groups is 1. The lowest BCUT2D eigenvalue weighted by Gasteiger charge is -2.45. The first kappa shape index (κ1) is 24.5. The van der Waals surface area contributed by atoms with Crippen molar-refractivity contribution in [2.45, 2.75) is 67.9 Å². The van der Waals surface area contributed by atoms with Crippen molar-refractivity contribution < 1.29 is 14.3 Å². The molecule has 40 heavy (non-hydrogen) atoms. The Morgan fingerprint density at radius 1 is 0.850 bits per heavy atom. The summed E-state index contributed by atoms with van der Waals surface area (Å²) >= 11 is 0. The monoisotopic (exact) mass is 534 g/mol. The molecule has 5 aliphatic rings. The standard InChI is InChI=1S/C35H38N2O3/c38-33(25-7-3-1-4-8-25)36-18-15-34(16-19-36,28-9-5-2-6-10-28)17-20-37-32-23-27(21-29-13-14-35(29,32)37)26-11-12-30-31(22-26)40-24-39-30/h1-12,22,27,29,32H,13-21,23-24H2/t27-,29?,32?,35?,37?/m1/s1. The van der Waals surface area contributed by atoms with Crippen LogP contribution < -0.4 is 9.47 Å². The molecule has 3 heterocycles. The van der Waals surface area contributed by atoms with Gasteiger partial charge in [0.25, 0.3) is 5.91 Å². The molecule has 0 radical (unpaired) electrons. The highest BCUT2D eigenvalue weighted by Crippen LogP contribution is 2.67. The third kappa shape index (κ3) is 3.81. The van der Waals surface area contributed by atoms with Crippen molar-refractivity contribution in [1.29, 1.82) is 0 Å². The highest BCUT2D eigenvalue weighted by molar-refractivity contribution is 5.94. The SMILES string of the molecule is O=C(c1ccccc1)N1CCC(CCN2C3C[C@H](c4ccc5c(c4)OCO5)CC4CCC432)(c2ccccc2)CC1. The smallest absolute Gasteiger partial charge is 0.253 e. The molecule has 3 aromatic carbocycles. The molecule has 1 amide bonds. The van der Waals surface area contributed by atoms with E-state index in [1.54, 1.807) is 0 Å². The van der Waals surface area contributed by atoms with Crippen LogP contribution in [-0.2, 0) is 5.41 Å². The van der Waals surface area contributed by atoms with Crippen molar-refractivity contribution in [3.63, 3.8) is 0 Å². The molecule has 3 aliphatic heterocycles. The molecule has 4 unspecified atom stereocenters. The number of ether oxygens (including phenoxy) is 2. The zero-order chi connectivity index (χ0) is 26.7. The first-order valence-corrected chi connectivity index (χ1v) is 15.2. The van der Waals surface area contributed by atoms with Gasteiger partial charge in [-0.15, -0.1) is 0 Å². The first-order valence-electron chi connectivity index (χ1n) is 15.2. The summed E-state index contributed by atoms with van der Waals surface area (Å²) in [6, 6.07) is 28.2. The van der Waals surface area contributed by atoms with Crippen molar-refractivity contribution in [2.24, 2.45) is 5.92 Å². The van der Waals surface area contributed by atoms with Gasteiger partial charge in [0.2, 0.25) is 6.79 Å². The molecule has 4 fully saturated rings. The quantitative estimate of drug-likeness (QED) is 0.344. The van der Waals surface area contributed by atoms with Crippen LogP contribution in [0.5, 0.6) is 11.5 Å². The fraction of sp³-hybridized carbons (Fsp3) is 0.457. The summed E-state index contributed by atoms with van der Waals surface area (Å²) in [5, 5.41) is 0. The number of carbonyl (C=O) groups excluding carboxylic acids is 1. The molecule has 8 rings (SSSR count). The molecule has 0 N–H and O–H groups in total. The van der Waals surface area contributed by atoms with Gasteiger partial charge in [-0.05, 0) is 104 Å². The normalized spacial score (nSPS) is 31.1. The Bertz CT molecular complexity index is 1400. The number of fused-ring (bicyclic) bond motifs is 1. The Morgan fingerprint density at radius 2 is 1.60 bits per heavy atom. The van der Waals surface area contributed by atoms with Crippen molar-refractivity contribution >= 4 is 5.91 Å². The van der Waals surface area contributed by atoms with Crippen LogP contribution in [0.15, 0.2) is 78.9 Å². The Hall–Kier alpha value is -3.31. The Labute approximate surface area is 237 Å². The molecule has 3 aromatic rings. The predicted molar refractivity (Wildman–Crippen MR) is 155 cm³/mol. The third-order valence-corrected chi connectivity index (χ3v) is 11.2. The second-order valence-corrected chi connectivity index (χ2v) is 12.8. The van der Waals surface area contributed by atoms with Gasteiger partial charge in [0, 0.05) is 30.2 Å². The van der Waals surface area contributed by atoms with E-state index in [0.29, 0.717) is 24.3 Å². The lowest BCUT2D eigenvalue weighted by atomic mass is 9.61. The van der Waals surface area contributed by atoms with E-state index in [1.165, 1.54) is 43.2 Å². The van der Waals surface area contributed by atoms with Crippen LogP contribution in [0.1, 0.15) is 72.3 Å². The molecule has 206 valence electrons. The molecule has 5 heteroatoms. The van der Waals surface area contributed by atoms with E-state index in [4.69, 9.17) is 9.47 Å². The van der Waals surface area contributed by atoms with Gasteiger partial charge in [-0.25, -0.2) is 0 Å². The van der Waals surface area contributed by atoms with Gasteiger partial charge in [0.1, 0.15) is 0 Å². The molecule has 0 aromatic heterocycles. The second-order valence-electron chi connectivity index (χ2n) is 12.8. The van der Waals surface area contributed by atoms with Gasteiger partial charge in [0.05, 0.1) is 0 Å². The first-order chi connectivity index (χ1) is 19.7. The molecule has 0 bridgehead atoms. The fourth-order valence-corrected chi connectivity index (χ4v) is 8.81. The molecule has 5 atom stereocenters. The van der Waals surface area contributed by atoms with E-state index in [2.05, 4.69) is 58.3 Å². The molecule has 2 aliphatic carbocycles. The molecule has 2 saturated heterocycles. The van der Waals surface area contributed by atoms with Crippen LogP contribution in [0.2, 0.25) is 0 Å². The molecular weight excluding hydrogens is 496 g/mol. The fourth-order valence-electron chi connectivity index (χ4n) is 8.81. The Kier molecular flexibility index (Phi) is 5.74. The number of hydrogen-bond acceptors (Lipinski definition) is 4. The summed E-state index contributed by atoms with van der Waals surface area (Å²) in [7, 11) is 0. The van der Waals surface area contributed by atoms with Crippen LogP contribution in [0.25, 0.3) is 0 Å². The molecule has 5 nitrogen and oxygen atoms in total. The average molecular weight is 535 g/mol. The maximum Gasteiger partial charge on any atom is 0.253 e. The maximum atomic E-state index is 13.2. The number of hydrogen-bond donors (Lipinski definition) is 0. The zero-order valence-corrected chi connectivity index (χ0v) is 23.1. The Balaban J connectivity index is 0.977.